The first-order chi connectivity index (χ1) is 8.57. The van der Waals surface area contributed by atoms with Gasteiger partial charge in [-0.2, -0.15) is 0 Å². The maximum absolute atomic E-state index is 12.3. The van der Waals surface area contributed by atoms with Crippen molar-refractivity contribution in [2.75, 3.05) is 25.4 Å². The third-order valence-corrected chi connectivity index (χ3v) is 5.45. The number of hydrogen-bond donors (Lipinski definition) is 1. The van der Waals surface area contributed by atoms with Crippen molar-refractivity contribution in [1.82, 2.24) is 4.90 Å². The van der Waals surface area contributed by atoms with Gasteiger partial charge in [0, 0.05) is 12.2 Å². The van der Waals surface area contributed by atoms with Crippen LogP contribution in [0.3, 0.4) is 0 Å². The molecule has 4 nitrogen and oxygen atoms in total. The number of hydrogen-bond acceptors (Lipinski definition) is 4. The molecule has 0 amide bonds. The summed E-state index contributed by atoms with van der Waals surface area (Å²) in [6.45, 7) is 2.51. The van der Waals surface area contributed by atoms with Crippen LogP contribution in [-0.4, -0.2) is 33.0 Å². The van der Waals surface area contributed by atoms with Gasteiger partial charge >= 0.3 is 0 Å². The summed E-state index contributed by atoms with van der Waals surface area (Å²) in [6.07, 6.45) is 4.08. The fourth-order valence-corrected chi connectivity index (χ4v) is 4.20. The molecule has 2 N–H and O–H groups in total. The minimum absolute atomic E-state index is 0.394. The van der Waals surface area contributed by atoms with Gasteiger partial charge < -0.3 is 5.73 Å². The molecule has 0 saturated carbocycles. The summed E-state index contributed by atoms with van der Waals surface area (Å²) in [5.74, 6) is 0. The number of nitrogens with two attached hydrogens (primary N) is 1. The molecule has 1 aromatic rings. The number of rotatable bonds is 2. The van der Waals surface area contributed by atoms with Crippen molar-refractivity contribution in [2.45, 2.75) is 17.7 Å². The van der Waals surface area contributed by atoms with E-state index in [-0.39, 0.29) is 0 Å². The summed E-state index contributed by atoms with van der Waals surface area (Å²) in [7, 11) is -3.29. The first-order valence-corrected chi connectivity index (χ1v) is 7.63. The average molecular weight is 264 g/mol. The molecule has 2 heterocycles. The Bertz CT molecular complexity index is 614. The second-order valence-electron chi connectivity index (χ2n) is 4.89. The largest absolute Gasteiger partial charge is 0.399 e. The fourth-order valence-electron chi connectivity index (χ4n) is 2.61. The molecule has 0 unspecified atom stereocenters. The minimum Gasteiger partial charge on any atom is -0.399 e. The van der Waals surface area contributed by atoms with Crippen molar-refractivity contribution in [3.05, 3.63) is 28.7 Å². The third kappa shape index (κ3) is 1.83. The average Bonchev–Trinajstić information content (AvgIpc) is 2.87. The molecule has 3 rings (SSSR count). The first kappa shape index (κ1) is 11.7. The zero-order valence-corrected chi connectivity index (χ0v) is 10.9. The van der Waals surface area contributed by atoms with Crippen LogP contribution in [0, 0.1) is 0 Å². The van der Waals surface area contributed by atoms with Gasteiger partial charge in [-0.15, -0.1) is 0 Å². The predicted molar refractivity (Wildman–Crippen MR) is 71.7 cm³/mol. The summed E-state index contributed by atoms with van der Waals surface area (Å²) in [5, 5.41) is 0. The van der Waals surface area contributed by atoms with Gasteiger partial charge in [-0.25, -0.2) is 8.42 Å². The fraction of sp³-hybridized carbons (Fsp3) is 0.385. The molecule has 0 aliphatic carbocycles. The summed E-state index contributed by atoms with van der Waals surface area (Å²) in [4.78, 5) is 3.09. The Kier molecular flexibility index (Phi) is 2.68. The summed E-state index contributed by atoms with van der Waals surface area (Å²) < 4.78 is 24.7. The highest BCUT2D eigenvalue weighted by atomic mass is 32.2. The van der Waals surface area contributed by atoms with Crippen LogP contribution in [0.5, 0.6) is 0 Å². The predicted octanol–water partition coefficient (Wildman–Crippen LogP) is 1.49. The zero-order chi connectivity index (χ0) is 12.8. The third-order valence-electron chi connectivity index (χ3n) is 3.56. The number of anilines is 1. The van der Waals surface area contributed by atoms with Gasteiger partial charge in [0.05, 0.1) is 9.80 Å². The molecule has 0 spiro atoms. The Balaban J connectivity index is 1.95. The van der Waals surface area contributed by atoms with Crippen LogP contribution in [0.4, 0.5) is 5.69 Å². The lowest BCUT2D eigenvalue weighted by molar-refractivity contribution is 0.374. The van der Waals surface area contributed by atoms with Gasteiger partial charge in [-0.3, -0.25) is 4.90 Å². The van der Waals surface area contributed by atoms with Crippen LogP contribution >= 0.6 is 0 Å². The molecule has 18 heavy (non-hydrogen) atoms. The van der Waals surface area contributed by atoms with Crippen molar-refractivity contribution in [2.24, 2.45) is 0 Å². The highest BCUT2D eigenvalue weighted by molar-refractivity contribution is 7.95. The van der Waals surface area contributed by atoms with E-state index in [1.807, 2.05) is 0 Å². The lowest BCUT2D eigenvalue weighted by Crippen LogP contribution is -2.23. The summed E-state index contributed by atoms with van der Waals surface area (Å²) in [6, 6.07) is 4.97. The van der Waals surface area contributed by atoms with Crippen molar-refractivity contribution in [1.29, 1.82) is 0 Å². The standard InChI is InChI=1S/C13H16N2O2S/c14-11-3-4-13-10(7-11)8-12(18(13,16)17)9-15-5-1-2-6-15/h3-4,7-8H,1-2,5-6,9,14H2. The van der Waals surface area contributed by atoms with Gasteiger partial charge in [0.15, 0.2) is 0 Å². The number of benzene rings is 1. The minimum atomic E-state index is -3.29. The molecule has 5 heteroatoms. The summed E-state index contributed by atoms with van der Waals surface area (Å²) >= 11 is 0. The Morgan fingerprint density at radius 1 is 1.22 bits per heavy atom. The van der Waals surface area contributed by atoms with E-state index in [4.69, 9.17) is 5.73 Å². The number of sulfone groups is 1. The van der Waals surface area contributed by atoms with Crippen molar-refractivity contribution in [3.8, 4) is 0 Å². The maximum atomic E-state index is 12.3. The molecule has 2 aliphatic rings. The Hall–Kier alpha value is -1.33. The first-order valence-electron chi connectivity index (χ1n) is 6.15. The second-order valence-corrected chi connectivity index (χ2v) is 6.87. The molecule has 1 aromatic carbocycles. The van der Waals surface area contributed by atoms with Crippen LogP contribution < -0.4 is 5.73 Å². The summed E-state index contributed by atoms with van der Waals surface area (Å²) in [5.41, 5.74) is 7.02. The quantitative estimate of drug-likeness (QED) is 0.822. The zero-order valence-electron chi connectivity index (χ0n) is 10.1. The van der Waals surface area contributed by atoms with Gasteiger partial charge in [0.1, 0.15) is 0 Å². The Morgan fingerprint density at radius 2 is 1.94 bits per heavy atom. The number of nitrogen functional groups attached to an aromatic ring is 1. The SMILES string of the molecule is Nc1ccc2c(c1)C=C(CN1CCCC1)S2(=O)=O. The Labute approximate surface area is 107 Å². The molecular weight excluding hydrogens is 248 g/mol. The molecule has 0 aromatic heterocycles. The van der Waals surface area contributed by atoms with Crippen molar-refractivity contribution in [3.63, 3.8) is 0 Å². The van der Waals surface area contributed by atoms with Crippen molar-refractivity contribution >= 4 is 21.6 Å². The van der Waals surface area contributed by atoms with Gasteiger partial charge in [-0.05, 0) is 55.8 Å². The van der Waals surface area contributed by atoms with E-state index in [1.54, 1.807) is 24.3 Å². The highest BCUT2D eigenvalue weighted by Gasteiger charge is 2.31. The maximum Gasteiger partial charge on any atom is 0.204 e. The topological polar surface area (TPSA) is 63.4 Å². The van der Waals surface area contributed by atoms with Gasteiger partial charge in [0.2, 0.25) is 9.84 Å². The molecule has 1 fully saturated rings. The van der Waals surface area contributed by atoms with Crippen molar-refractivity contribution < 1.29 is 8.42 Å². The lowest BCUT2D eigenvalue weighted by atomic mass is 10.2. The second kappa shape index (κ2) is 4.10. The number of fused-ring (bicyclic) bond motifs is 1. The number of likely N-dealkylation sites (tertiary alicyclic amines) is 1. The number of nitrogens with zero attached hydrogens (tertiary/aromatic N) is 1. The van der Waals surface area contributed by atoms with E-state index in [9.17, 15) is 8.42 Å². The van der Waals surface area contributed by atoms with E-state index >= 15 is 0 Å². The van der Waals surface area contributed by atoms with E-state index in [2.05, 4.69) is 4.90 Å². The van der Waals surface area contributed by atoms with E-state index < -0.39 is 9.84 Å². The molecule has 1 saturated heterocycles. The van der Waals surface area contributed by atoms with Gasteiger partial charge in [0.25, 0.3) is 0 Å². The molecular formula is C13H16N2O2S. The van der Waals surface area contributed by atoms with Crippen LogP contribution in [0.15, 0.2) is 28.0 Å². The van der Waals surface area contributed by atoms with Crippen LogP contribution in [0.2, 0.25) is 0 Å². The van der Waals surface area contributed by atoms with Crippen LogP contribution in [-0.2, 0) is 9.84 Å². The molecule has 0 atom stereocenters. The monoisotopic (exact) mass is 264 g/mol. The highest BCUT2D eigenvalue weighted by Crippen LogP contribution is 2.34. The molecule has 2 aliphatic heterocycles. The normalized spacial score (nSPS) is 21.9. The smallest absolute Gasteiger partial charge is 0.204 e. The van der Waals surface area contributed by atoms with Crippen LogP contribution in [0.1, 0.15) is 18.4 Å². The molecule has 0 bridgehead atoms. The molecule has 0 radical (unpaired) electrons. The van der Waals surface area contributed by atoms with E-state index in [1.165, 1.54) is 0 Å². The van der Waals surface area contributed by atoms with Gasteiger partial charge in [-0.1, -0.05) is 0 Å². The van der Waals surface area contributed by atoms with E-state index in [0.717, 1.165) is 31.5 Å². The van der Waals surface area contributed by atoms with Crippen LogP contribution in [0.25, 0.3) is 6.08 Å². The van der Waals surface area contributed by atoms with E-state index in [0.29, 0.717) is 22.0 Å². The lowest BCUT2D eigenvalue weighted by Gasteiger charge is -2.14. The molecule has 96 valence electrons. The Morgan fingerprint density at radius 3 is 2.67 bits per heavy atom.